The van der Waals surface area contributed by atoms with Crippen LogP contribution in [0, 0.1) is 6.92 Å². The average molecular weight is 218 g/mol. The zero-order chi connectivity index (χ0) is 11.4. The lowest BCUT2D eigenvalue weighted by Crippen LogP contribution is -2.24. The van der Waals surface area contributed by atoms with Crippen molar-refractivity contribution in [1.82, 2.24) is 9.88 Å². The SMILES string of the molecule is CCCCN1CCC[C@H]1c1ccnc(C)c1. The lowest BCUT2D eigenvalue weighted by Gasteiger charge is -2.24. The molecule has 1 saturated heterocycles. The van der Waals surface area contributed by atoms with Crippen LogP contribution in [0.5, 0.6) is 0 Å². The van der Waals surface area contributed by atoms with E-state index in [2.05, 4.69) is 35.9 Å². The molecule has 2 rings (SSSR count). The van der Waals surface area contributed by atoms with Crippen LogP contribution < -0.4 is 0 Å². The number of hydrogen-bond donors (Lipinski definition) is 0. The van der Waals surface area contributed by atoms with Gasteiger partial charge < -0.3 is 0 Å². The summed E-state index contributed by atoms with van der Waals surface area (Å²) in [5.41, 5.74) is 2.60. The molecule has 2 heteroatoms. The summed E-state index contributed by atoms with van der Waals surface area (Å²) in [6.07, 6.45) is 7.21. The Balaban J connectivity index is 2.07. The molecule has 88 valence electrons. The number of nitrogens with zero attached hydrogens (tertiary/aromatic N) is 2. The Kier molecular flexibility index (Phi) is 3.94. The molecular weight excluding hydrogens is 196 g/mol. The van der Waals surface area contributed by atoms with Crippen molar-refractivity contribution in [3.05, 3.63) is 29.6 Å². The second-order valence-corrected chi connectivity index (χ2v) is 4.78. The van der Waals surface area contributed by atoms with E-state index in [0.29, 0.717) is 6.04 Å². The molecule has 0 aromatic carbocycles. The summed E-state index contributed by atoms with van der Waals surface area (Å²) in [4.78, 5) is 6.92. The predicted molar refractivity (Wildman–Crippen MR) is 67.4 cm³/mol. The van der Waals surface area contributed by atoms with Gasteiger partial charge in [0.1, 0.15) is 0 Å². The fourth-order valence-electron chi connectivity index (χ4n) is 2.61. The van der Waals surface area contributed by atoms with E-state index in [1.165, 1.54) is 44.3 Å². The first kappa shape index (κ1) is 11.6. The van der Waals surface area contributed by atoms with Gasteiger partial charge in [-0.1, -0.05) is 13.3 Å². The molecule has 0 N–H and O–H groups in total. The lowest BCUT2D eigenvalue weighted by molar-refractivity contribution is 0.253. The smallest absolute Gasteiger partial charge is 0.0375 e. The van der Waals surface area contributed by atoms with Gasteiger partial charge in [-0.05, 0) is 57.0 Å². The molecule has 0 aliphatic carbocycles. The third-order valence-electron chi connectivity index (χ3n) is 3.47. The Labute approximate surface area is 98.7 Å². The first-order valence-electron chi connectivity index (χ1n) is 6.48. The quantitative estimate of drug-likeness (QED) is 0.770. The molecule has 2 nitrogen and oxygen atoms in total. The monoisotopic (exact) mass is 218 g/mol. The summed E-state index contributed by atoms with van der Waals surface area (Å²) in [6.45, 7) is 6.87. The summed E-state index contributed by atoms with van der Waals surface area (Å²) >= 11 is 0. The zero-order valence-electron chi connectivity index (χ0n) is 10.4. The lowest BCUT2D eigenvalue weighted by atomic mass is 10.0. The second-order valence-electron chi connectivity index (χ2n) is 4.78. The van der Waals surface area contributed by atoms with E-state index < -0.39 is 0 Å². The number of aryl methyl sites for hydroxylation is 1. The molecule has 1 fully saturated rings. The highest BCUT2D eigenvalue weighted by Gasteiger charge is 2.25. The van der Waals surface area contributed by atoms with Crippen LogP contribution in [0.3, 0.4) is 0 Å². The van der Waals surface area contributed by atoms with Gasteiger partial charge in [0.05, 0.1) is 0 Å². The molecule has 0 saturated carbocycles. The van der Waals surface area contributed by atoms with Gasteiger partial charge in [-0.25, -0.2) is 0 Å². The molecule has 2 heterocycles. The summed E-state index contributed by atoms with van der Waals surface area (Å²) in [5, 5.41) is 0. The van der Waals surface area contributed by atoms with Gasteiger partial charge in [0.15, 0.2) is 0 Å². The molecule has 1 aliphatic heterocycles. The minimum absolute atomic E-state index is 0.647. The Morgan fingerprint density at radius 2 is 2.38 bits per heavy atom. The highest BCUT2D eigenvalue weighted by Crippen LogP contribution is 2.31. The number of likely N-dealkylation sites (tertiary alicyclic amines) is 1. The minimum atomic E-state index is 0.647. The Hall–Kier alpha value is -0.890. The third-order valence-corrected chi connectivity index (χ3v) is 3.47. The van der Waals surface area contributed by atoms with E-state index in [4.69, 9.17) is 0 Å². The maximum Gasteiger partial charge on any atom is 0.0375 e. The molecule has 1 atom stereocenters. The van der Waals surface area contributed by atoms with Crippen LogP contribution >= 0.6 is 0 Å². The van der Waals surface area contributed by atoms with Crippen molar-refractivity contribution in [3.8, 4) is 0 Å². The molecule has 16 heavy (non-hydrogen) atoms. The number of aromatic nitrogens is 1. The number of pyridine rings is 1. The van der Waals surface area contributed by atoms with Gasteiger partial charge in [0.2, 0.25) is 0 Å². The molecule has 1 aliphatic rings. The maximum atomic E-state index is 4.28. The molecule has 1 aromatic heterocycles. The topological polar surface area (TPSA) is 16.1 Å². The molecule has 1 aromatic rings. The predicted octanol–water partition coefficient (Wildman–Crippen LogP) is 3.33. The van der Waals surface area contributed by atoms with Crippen LogP contribution in [-0.4, -0.2) is 23.0 Å². The van der Waals surface area contributed by atoms with Gasteiger partial charge in [-0.2, -0.15) is 0 Å². The minimum Gasteiger partial charge on any atom is -0.296 e. The van der Waals surface area contributed by atoms with Gasteiger partial charge in [0, 0.05) is 17.9 Å². The van der Waals surface area contributed by atoms with Crippen LogP contribution in [0.2, 0.25) is 0 Å². The largest absolute Gasteiger partial charge is 0.296 e. The number of rotatable bonds is 4. The van der Waals surface area contributed by atoms with E-state index >= 15 is 0 Å². The summed E-state index contributed by atoms with van der Waals surface area (Å²) in [5.74, 6) is 0. The number of hydrogen-bond acceptors (Lipinski definition) is 2. The molecule has 0 bridgehead atoms. The van der Waals surface area contributed by atoms with Crippen LogP contribution in [0.15, 0.2) is 18.3 Å². The zero-order valence-corrected chi connectivity index (χ0v) is 10.4. The first-order chi connectivity index (χ1) is 7.81. The molecular formula is C14H22N2. The highest BCUT2D eigenvalue weighted by atomic mass is 15.2. The van der Waals surface area contributed by atoms with Gasteiger partial charge >= 0.3 is 0 Å². The van der Waals surface area contributed by atoms with E-state index in [1.807, 2.05) is 6.20 Å². The second kappa shape index (κ2) is 5.44. The molecule has 0 unspecified atom stereocenters. The van der Waals surface area contributed by atoms with E-state index in [1.54, 1.807) is 0 Å². The molecule has 0 amide bonds. The fourth-order valence-corrected chi connectivity index (χ4v) is 2.61. The van der Waals surface area contributed by atoms with Gasteiger partial charge in [-0.3, -0.25) is 9.88 Å². The molecule has 0 spiro atoms. The van der Waals surface area contributed by atoms with Crippen molar-refractivity contribution < 1.29 is 0 Å². The van der Waals surface area contributed by atoms with E-state index in [0.717, 1.165) is 5.69 Å². The fraction of sp³-hybridized carbons (Fsp3) is 0.643. The van der Waals surface area contributed by atoms with Gasteiger partial charge in [-0.15, -0.1) is 0 Å². The van der Waals surface area contributed by atoms with Crippen molar-refractivity contribution in [2.45, 2.75) is 45.6 Å². The van der Waals surface area contributed by atoms with Gasteiger partial charge in [0.25, 0.3) is 0 Å². The van der Waals surface area contributed by atoms with Crippen LogP contribution in [0.1, 0.15) is 49.9 Å². The average Bonchev–Trinajstić information content (AvgIpc) is 2.74. The van der Waals surface area contributed by atoms with Crippen molar-refractivity contribution >= 4 is 0 Å². The Morgan fingerprint density at radius 1 is 1.50 bits per heavy atom. The van der Waals surface area contributed by atoms with Crippen LogP contribution in [0.25, 0.3) is 0 Å². The summed E-state index contributed by atoms with van der Waals surface area (Å²) in [7, 11) is 0. The molecule has 0 radical (unpaired) electrons. The maximum absolute atomic E-state index is 4.28. The summed E-state index contributed by atoms with van der Waals surface area (Å²) < 4.78 is 0. The van der Waals surface area contributed by atoms with Crippen molar-refractivity contribution in [3.63, 3.8) is 0 Å². The van der Waals surface area contributed by atoms with E-state index in [9.17, 15) is 0 Å². The standard InChI is InChI=1S/C14H22N2/c1-3-4-9-16-10-5-6-14(16)13-7-8-15-12(2)11-13/h7-8,11,14H,3-6,9-10H2,1-2H3/t14-/m0/s1. The third kappa shape index (κ3) is 2.62. The number of unbranched alkanes of at least 4 members (excludes halogenated alkanes) is 1. The summed E-state index contributed by atoms with van der Waals surface area (Å²) in [6, 6.07) is 5.07. The normalized spacial score (nSPS) is 21.5. The Bertz CT molecular complexity index is 335. The first-order valence-corrected chi connectivity index (χ1v) is 6.48. The van der Waals surface area contributed by atoms with Crippen LogP contribution in [-0.2, 0) is 0 Å². The van der Waals surface area contributed by atoms with Crippen LogP contribution in [0.4, 0.5) is 0 Å². The van der Waals surface area contributed by atoms with Crippen molar-refractivity contribution in [1.29, 1.82) is 0 Å². The Morgan fingerprint density at radius 3 is 3.12 bits per heavy atom. The van der Waals surface area contributed by atoms with E-state index in [-0.39, 0.29) is 0 Å². The van der Waals surface area contributed by atoms with Crippen molar-refractivity contribution in [2.24, 2.45) is 0 Å². The highest BCUT2D eigenvalue weighted by molar-refractivity contribution is 5.20. The van der Waals surface area contributed by atoms with Crippen molar-refractivity contribution in [2.75, 3.05) is 13.1 Å².